The van der Waals surface area contributed by atoms with E-state index in [0.29, 0.717) is 34.2 Å². The summed E-state index contributed by atoms with van der Waals surface area (Å²) in [6.07, 6.45) is 3.20. The summed E-state index contributed by atoms with van der Waals surface area (Å²) in [6, 6.07) is 8.68. The third kappa shape index (κ3) is 2.31. The van der Waals surface area contributed by atoms with Crippen LogP contribution in [0.5, 0.6) is 17.4 Å². The molecule has 20 heavy (non-hydrogen) atoms. The number of rotatable bonds is 3. The van der Waals surface area contributed by atoms with Gasteiger partial charge in [-0.15, -0.1) is 0 Å². The summed E-state index contributed by atoms with van der Waals surface area (Å²) in [4.78, 5) is 12.6. The fraction of sp³-hybridized carbons (Fsp3) is 0.0714. The van der Waals surface area contributed by atoms with Crippen molar-refractivity contribution in [1.82, 2.24) is 15.0 Å². The number of fused-ring (bicyclic) bond motifs is 1. The molecule has 100 valence electrons. The van der Waals surface area contributed by atoms with Crippen molar-refractivity contribution in [2.75, 3.05) is 12.8 Å². The van der Waals surface area contributed by atoms with E-state index in [1.165, 1.54) is 0 Å². The summed E-state index contributed by atoms with van der Waals surface area (Å²) in [5, 5.41) is 0. The molecule has 0 aliphatic heterocycles. The first kappa shape index (κ1) is 12.2. The van der Waals surface area contributed by atoms with Crippen molar-refractivity contribution in [2.24, 2.45) is 0 Å². The first-order valence-electron chi connectivity index (χ1n) is 5.95. The highest BCUT2D eigenvalue weighted by Crippen LogP contribution is 2.32. The van der Waals surface area contributed by atoms with Gasteiger partial charge in [0, 0.05) is 30.2 Å². The number of pyridine rings is 1. The molecule has 0 aliphatic carbocycles. The average molecular weight is 268 g/mol. The molecule has 0 aliphatic rings. The predicted octanol–water partition coefficient (Wildman–Crippen LogP) is 2.41. The Kier molecular flexibility index (Phi) is 3.04. The topological polar surface area (TPSA) is 83.2 Å². The Labute approximate surface area is 115 Å². The summed E-state index contributed by atoms with van der Waals surface area (Å²) in [6.45, 7) is 0. The normalized spacial score (nSPS) is 10.4. The third-order valence-electron chi connectivity index (χ3n) is 2.71. The second kappa shape index (κ2) is 5.00. The lowest BCUT2D eigenvalue weighted by atomic mass is 10.3. The van der Waals surface area contributed by atoms with Crippen molar-refractivity contribution < 1.29 is 9.47 Å². The van der Waals surface area contributed by atoms with Crippen LogP contribution in [0.15, 0.2) is 42.7 Å². The van der Waals surface area contributed by atoms with E-state index in [4.69, 9.17) is 15.2 Å². The van der Waals surface area contributed by atoms with Crippen LogP contribution in [0.3, 0.4) is 0 Å². The quantitative estimate of drug-likeness (QED) is 0.734. The van der Waals surface area contributed by atoms with Gasteiger partial charge in [0.25, 0.3) is 0 Å². The number of nitrogens with two attached hydrogens (primary N) is 1. The van der Waals surface area contributed by atoms with Gasteiger partial charge in [-0.25, -0.2) is 4.98 Å². The predicted molar refractivity (Wildman–Crippen MR) is 74.8 cm³/mol. The van der Waals surface area contributed by atoms with Gasteiger partial charge in [0.2, 0.25) is 5.88 Å². The minimum Gasteiger partial charge on any atom is -0.493 e. The molecule has 0 atom stereocenters. The van der Waals surface area contributed by atoms with E-state index in [1.807, 2.05) is 0 Å². The molecule has 0 spiro atoms. The molecule has 0 saturated heterocycles. The lowest BCUT2D eigenvalue weighted by Gasteiger charge is -2.10. The number of anilines is 1. The zero-order valence-corrected chi connectivity index (χ0v) is 10.8. The standard InChI is InChI=1S/C14H12N4O2/c1-19-11-4-2-9(15)8-12(11)20-13-5-3-10-14(18-13)17-7-6-16-10/h2-8H,15H2,1H3. The van der Waals surface area contributed by atoms with E-state index in [-0.39, 0.29) is 0 Å². The maximum atomic E-state index is 5.75. The van der Waals surface area contributed by atoms with E-state index in [9.17, 15) is 0 Å². The summed E-state index contributed by atoms with van der Waals surface area (Å²) in [7, 11) is 1.57. The number of aromatic nitrogens is 3. The van der Waals surface area contributed by atoms with Crippen LogP contribution in [0, 0.1) is 0 Å². The first-order chi connectivity index (χ1) is 9.76. The van der Waals surface area contributed by atoms with Crippen molar-refractivity contribution in [3.63, 3.8) is 0 Å². The Balaban J connectivity index is 1.98. The number of benzene rings is 1. The maximum absolute atomic E-state index is 5.75. The van der Waals surface area contributed by atoms with E-state index < -0.39 is 0 Å². The van der Waals surface area contributed by atoms with Gasteiger partial charge in [0.1, 0.15) is 5.52 Å². The van der Waals surface area contributed by atoms with Crippen LogP contribution in [0.4, 0.5) is 5.69 Å². The summed E-state index contributed by atoms with van der Waals surface area (Å²) >= 11 is 0. The number of hydrogen-bond donors (Lipinski definition) is 1. The maximum Gasteiger partial charge on any atom is 0.221 e. The van der Waals surface area contributed by atoms with Gasteiger partial charge in [0.15, 0.2) is 17.1 Å². The Bertz CT molecular complexity index is 761. The first-order valence-corrected chi connectivity index (χ1v) is 5.95. The van der Waals surface area contributed by atoms with Crippen LogP contribution >= 0.6 is 0 Å². The Morgan fingerprint density at radius 2 is 1.85 bits per heavy atom. The Morgan fingerprint density at radius 3 is 2.70 bits per heavy atom. The van der Waals surface area contributed by atoms with E-state index in [0.717, 1.165) is 0 Å². The van der Waals surface area contributed by atoms with Gasteiger partial charge in [0.05, 0.1) is 7.11 Å². The van der Waals surface area contributed by atoms with Crippen molar-refractivity contribution in [1.29, 1.82) is 0 Å². The molecule has 2 aromatic heterocycles. The molecule has 2 heterocycles. The monoisotopic (exact) mass is 268 g/mol. The zero-order chi connectivity index (χ0) is 13.9. The number of methoxy groups -OCH3 is 1. The second-order valence-corrected chi connectivity index (χ2v) is 4.06. The van der Waals surface area contributed by atoms with Crippen LogP contribution in [0.25, 0.3) is 11.2 Å². The molecular formula is C14H12N4O2. The molecule has 0 saturated carbocycles. The van der Waals surface area contributed by atoms with Crippen LogP contribution in [0.1, 0.15) is 0 Å². The van der Waals surface area contributed by atoms with Crippen LogP contribution in [-0.4, -0.2) is 22.1 Å². The molecule has 6 nitrogen and oxygen atoms in total. The van der Waals surface area contributed by atoms with Crippen LogP contribution < -0.4 is 15.2 Å². The van der Waals surface area contributed by atoms with Crippen molar-refractivity contribution in [3.8, 4) is 17.4 Å². The fourth-order valence-corrected chi connectivity index (χ4v) is 1.78. The summed E-state index contributed by atoms with van der Waals surface area (Å²) in [5.74, 6) is 1.49. The number of hydrogen-bond acceptors (Lipinski definition) is 6. The third-order valence-corrected chi connectivity index (χ3v) is 2.71. The van der Waals surface area contributed by atoms with Gasteiger partial charge in [-0.05, 0) is 18.2 Å². The lowest BCUT2D eigenvalue weighted by Crippen LogP contribution is -1.95. The van der Waals surface area contributed by atoms with Crippen LogP contribution in [-0.2, 0) is 0 Å². The molecule has 3 aromatic rings. The highest BCUT2D eigenvalue weighted by molar-refractivity contribution is 5.69. The number of ether oxygens (including phenoxy) is 2. The molecule has 1 aromatic carbocycles. The lowest BCUT2D eigenvalue weighted by molar-refractivity contribution is 0.375. The van der Waals surface area contributed by atoms with E-state index in [1.54, 1.807) is 49.8 Å². The summed E-state index contributed by atoms with van der Waals surface area (Å²) < 4.78 is 10.9. The molecule has 0 unspecified atom stereocenters. The Hall–Kier alpha value is -2.89. The van der Waals surface area contributed by atoms with Gasteiger partial charge in [-0.2, -0.15) is 4.98 Å². The van der Waals surface area contributed by atoms with E-state index in [2.05, 4.69) is 15.0 Å². The Morgan fingerprint density at radius 1 is 1.00 bits per heavy atom. The fourth-order valence-electron chi connectivity index (χ4n) is 1.78. The van der Waals surface area contributed by atoms with E-state index >= 15 is 0 Å². The molecule has 6 heteroatoms. The van der Waals surface area contributed by atoms with Gasteiger partial charge >= 0.3 is 0 Å². The van der Waals surface area contributed by atoms with Crippen molar-refractivity contribution in [2.45, 2.75) is 0 Å². The average Bonchev–Trinajstić information content (AvgIpc) is 2.47. The molecule has 0 bridgehead atoms. The van der Waals surface area contributed by atoms with Crippen molar-refractivity contribution >= 4 is 16.9 Å². The molecule has 0 fully saturated rings. The molecule has 3 rings (SSSR count). The minimum atomic E-state index is 0.405. The number of nitrogen functional groups attached to an aromatic ring is 1. The minimum absolute atomic E-state index is 0.405. The molecule has 0 amide bonds. The second-order valence-electron chi connectivity index (χ2n) is 4.06. The molecule has 0 radical (unpaired) electrons. The smallest absolute Gasteiger partial charge is 0.221 e. The van der Waals surface area contributed by atoms with Gasteiger partial charge in [-0.3, -0.25) is 4.98 Å². The van der Waals surface area contributed by atoms with Gasteiger partial charge in [-0.1, -0.05) is 0 Å². The zero-order valence-electron chi connectivity index (χ0n) is 10.8. The number of nitrogens with zero attached hydrogens (tertiary/aromatic N) is 3. The molecule has 2 N–H and O–H groups in total. The van der Waals surface area contributed by atoms with Gasteiger partial charge < -0.3 is 15.2 Å². The SMILES string of the molecule is COc1ccc(N)cc1Oc1ccc2nccnc2n1. The highest BCUT2D eigenvalue weighted by atomic mass is 16.5. The summed E-state index contributed by atoms with van der Waals surface area (Å²) in [5.41, 5.74) is 7.56. The molecular weight excluding hydrogens is 256 g/mol. The largest absolute Gasteiger partial charge is 0.493 e. The van der Waals surface area contributed by atoms with Crippen molar-refractivity contribution in [3.05, 3.63) is 42.7 Å². The van der Waals surface area contributed by atoms with Crippen LogP contribution in [0.2, 0.25) is 0 Å². The highest BCUT2D eigenvalue weighted by Gasteiger charge is 2.08.